The molecule has 0 unspecified atom stereocenters. The second-order valence-electron chi connectivity index (χ2n) is 4.59. The highest BCUT2D eigenvalue weighted by Crippen LogP contribution is 2.32. The quantitative estimate of drug-likeness (QED) is 0.559. The highest BCUT2D eigenvalue weighted by molar-refractivity contribution is 5.82. The number of carboxylic acid groups (broad SMARTS) is 1. The molecule has 18 heavy (non-hydrogen) atoms. The van der Waals surface area contributed by atoms with Crippen LogP contribution in [0.2, 0.25) is 0 Å². The molecule has 1 aliphatic heterocycles. The summed E-state index contributed by atoms with van der Waals surface area (Å²) in [6.45, 7) is 4.05. The molecular formula is C12H22N2O4. The minimum absolute atomic E-state index is 0.0606. The molecule has 0 radical (unpaired) electrons. The molecule has 3 N–H and O–H groups in total. The molecule has 0 saturated carbocycles. The fraction of sp³-hybridized carbons (Fsp3) is 0.833. The first-order valence-electron chi connectivity index (χ1n) is 6.39. The van der Waals surface area contributed by atoms with Crippen LogP contribution in [0.15, 0.2) is 0 Å². The Morgan fingerprint density at radius 2 is 2.06 bits per heavy atom. The van der Waals surface area contributed by atoms with Crippen molar-refractivity contribution < 1.29 is 19.4 Å². The lowest BCUT2D eigenvalue weighted by molar-refractivity contribution is -0.142. The maximum Gasteiger partial charge on any atom is 0.329 e. The van der Waals surface area contributed by atoms with Crippen LogP contribution in [0.25, 0.3) is 0 Å². The van der Waals surface area contributed by atoms with E-state index in [9.17, 15) is 9.59 Å². The van der Waals surface area contributed by atoms with Crippen LogP contribution in [0.5, 0.6) is 0 Å². The normalized spacial score (nSPS) is 18.3. The molecule has 0 aliphatic carbocycles. The summed E-state index contributed by atoms with van der Waals surface area (Å²) >= 11 is 0. The molecule has 0 bridgehead atoms. The van der Waals surface area contributed by atoms with Crippen molar-refractivity contribution in [3.63, 3.8) is 0 Å². The lowest BCUT2D eigenvalue weighted by Crippen LogP contribution is -2.48. The molecule has 1 heterocycles. The number of ether oxygens (including phenoxy) is 1. The Morgan fingerprint density at radius 1 is 1.39 bits per heavy atom. The topological polar surface area (TPSA) is 87.7 Å². The number of carbonyl (C=O) groups excluding carboxylic acids is 1. The van der Waals surface area contributed by atoms with E-state index < -0.39 is 5.97 Å². The van der Waals surface area contributed by atoms with Crippen LogP contribution < -0.4 is 10.6 Å². The van der Waals surface area contributed by atoms with E-state index in [1.54, 1.807) is 0 Å². The summed E-state index contributed by atoms with van der Waals surface area (Å²) in [7, 11) is 0. The van der Waals surface area contributed by atoms with Gasteiger partial charge in [0.2, 0.25) is 5.91 Å². The smallest absolute Gasteiger partial charge is 0.329 e. The first-order chi connectivity index (χ1) is 8.60. The van der Waals surface area contributed by atoms with Crippen molar-refractivity contribution in [3.05, 3.63) is 0 Å². The molecule has 0 aromatic rings. The fourth-order valence-electron chi connectivity index (χ4n) is 2.23. The largest absolute Gasteiger partial charge is 0.480 e. The molecule has 1 rings (SSSR count). The summed E-state index contributed by atoms with van der Waals surface area (Å²) in [5.74, 6) is -0.935. The highest BCUT2D eigenvalue weighted by Gasteiger charge is 2.37. The van der Waals surface area contributed by atoms with Crippen molar-refractivity contribution in [2.75, 3.05) is 32.8 Å². The Bertz CT molecular complexity index is 288. The zero-order chi connectivity index (χ0) is 13.4. The second-order valence-corrected chi connectivity index (χ2v) is 4.59. The summed E-state index contributed by atoms with van der Waals surface area (Å²) in [5, 5.41) is 14.5. The molecular weight excluding hydrogens is 236 g/mol. The lowest BCUT2D eigenvalue weighted by Gasteiger charge is -2.35. The van der Waals surface area contributed by atoms with Gasteiger partial charge in [0.15, 0.2) is 0 Å². The van der Waals surface area contributed by atoms with Crippen LogP contribution in [0.1, 0.15) is 26.2 Å². The lowest BCUT2D eigenvalue weighted by atomic mass is 9.76. The van der Waals surface area contributed by atoms with Crippen molar-refractivity contribution in [2.45, 2.75) is 26.2 Å². The Hall–Kier alpha value is -1.14. The number of nitrogens with one attached hydrogen (secondary N) is 2. The van der Waals surface area contributed by atoms with Crippen molar-refractivity contribution in [1.29, 1.82) is 0 Å². The monoisotopic (exact) mass is 258 g/mol. The third-order valence-corrected chi connectivity index (χ3v) is 3.48. The van der Waals surface area contributed by atoms with Gasteiger partial charge in [-0.05, 0) is 32.4 Å². The Balaban J connectivity index is 2.27. The SMILES string of the molecule is CCC1(C(=O)NCCOCC(=O)O)CCNCC1. The van der Waals surface area contributed by atoms with Crippen LogP contribution in [-0.4, -0.2) is 49.8 Å². The highest BCUT2D eigenvalue weighted by atomic mass is 16.5. The summed E-state index contributed by atoms with van der Waals surface area (Å²) in [5.41, 5.74) is -0.266. The maximum atomic E-state index is 12.1. The van der Waals surface area contributed by atoms with E-state index in [4.69, 9.17) is 9.84 Å². The minimum atomic E-state index is -0.996. The maximum absolute atomic E-state index is 12.1. The van der Waals surface area contributed by atoms with Gasteiger partial charge in [-0.1, -0.05) is 6.92 Å². The van der Waals surface area contributed by atoms with Crippen molar-refractivity contribution in [2.24, 2.45) is 5.41 Å². The van der Waals surface area contributed by atoms with Gasteiger partial charge in [-0.15, -0.1) is 0 Å². The van der Waals surface area contributed by atoms with Crippen LogP contribution in [0.3, 0.4) is 0 Å². The molecule has 1 fully saturated rings. The average Bonchev–Trinajstić information content (AvgIpc) is 2.38. The molecule has 6 nitrogen and oxygen atoms in total. The van der Waals surface area contributed by atoms with Crippen LogP contribution in [0.4, 0.5) is 0 Å². The number of hydrogen-bond donors (Lipinski definition) is 3. The van der Waals surface area contributed by atoms with Gasteiger partial charge < -0.3 is 20.5 Å². The predicted molar refractivity (Wildman–Crippen MR) is 66.3 cm³/mol. The number of hydrogen-bond acceptors (Lipinski definition) is 4. The van der Waals surface area contributed by atoms with E-state index in [2.05, 4.69) is 10.6 Å². The first kappa shape index (κ1) is 14.9. The molecule has 1 aliphatic rings. The number of aliphatic carboxylic acids is 1. The van der Waals surface area contributed by atoms with E-state index in [1.165, 1.54) is 0 Å². The molecule has 1 saturated heterocycles. The van der Waals surface area contributed by atoms with Gasteiger partial charge in [0, 0.05) is 6.54 Å². The van der Waals surface area contributed by atoms with E-state index in [-0.39, 0.29) is 24.5 Å². The zero-order valence-electron chi connectivity index (χ0n) is 10.8. The third kappa shape index (κ3) is 4.27. The van der Waals surface area contributed by atoms with E-state index in [0.29, 0.717) is 6.54 Å². The van der Waals surface area contributed by atoms with Crippen molar-refractivity contribution in [3.8, 4) is 0 Å². The van der Waals surface area contributed by atoms with Crippen molar-refractivity contribution in [1.82, 2.24) is 10.6 Å². The van der Waals surface area contributed by atoms with E-state index in [0.717, 1.165) is 32.4 Å². The van der Waals surface area contributed by atoms with Crippen LogP contribution in [0, 0.1) is 5.41 Å². The number of amides is 1. The minimum Gasteiger partial charge on any atom is -0.480 e. The van der Waals surface area contributed by atoms with Crippen LogP contribution >= 0.6 is 0 Å². The summed E-state index contributed by atoms with van der Waals surface area (Å²) in [6.07, 6.45) is 2.53. The van der Waals surface area contributed by atoms with Gasteiger partial charge in [0.05, 0.1) is 12.0 Å². The summed E-state index contributed by atoms with van der Waals surface area (Å²) in [4.78, 5) is 22.4. The van der Waals surface area contributed by atoms with Gasteiger partial charge >= 0.3 is 5.97 Å². The Kier molecular flexibility index (Phi) is 6.07. The van der Waals surface area contributed by atoms with Gasteiger partial charge in [-0.3, -0.25) is 4.79 Å². The second kappa shape index (κ2) is 7.33. The predicted octanol–water partition coefficient (Wildman–Crippen LogP) is -0.0164. The van der Waals surface area contributed by atoms with Gasteiger partial charge in [-0.2, -0.15) is 0 Å². The van der Waals surface area contributed by atoms with Crippen molar-refractivity contribution >= 4 is 11.9 Å². The van der Waals surface area contributed by atoms with E-state index in [1.807, 2.05) is 6.92 Å². The molecule has 104 valence electrons. The zero-order valence-corrected chi connectivity index (χ0v) is 10.8. The molecule has 0 spiro atoms. The Labute approximate surface area is 107 Å². The average molecular weight is 258 g/mol. The van der Waals surface area contributed by atoms with E-state index >= 15 is 0 Å². The summed E-state index contributed by atoms with van der Waals surface area (Å²) < 4.78 is 4.87. The number of rotatable bonds is 7. The van der Waals surface area contributed by atoms with Gasteiger partial charge in [0.1, 0.15) is 6.61 Å². The molecule has 6 heteroatoms. The molecule has 0 atom stereocenters. The number of carboxylic acids is 1. The van der Waals surface area contributed by atoms with Crippen LogP contribution in [-0.2, 0) is 14.3 Å². The van der Waals surface area contributed by atoms with Gasteiger partial charge in [-0.25, -0.2) is 4.79 Å². The third-order valence-electron chi connectivity index (χ3n) is 3.48. The Morgan fingerprint density at radius 3 is 2.61 bits per heavy atom. The number of piperidine rings is 1. The fourth-order valence-corrected chi connectivity index (χ4v) is 2.23. The summed E-state index contributed by atoms with van der Waals surface area (Å²) in [6, 6.07) is 0. The molecule has 0 aromatic heterocycles. The molecule has 1 amide bonds. The van der Waals surface area contributed by atoms with Gasteiger partial charge in [0.25, 0.3) is 0 Å². The standard InChI is InChI=1S/C12H22N2O4/c1-2-12(3-5-13-6-4-12)11(17)14-7-8-18-9-10(15)16/h13H,2-9H2,1H3,(H,14,17)(H,15,16). The number of carbonyl (C=O) groups is 2. The first-order valence-corrected chi connectivity index (χ1v) is 6.39. The molecule has 0 aromatic carbocycles.